The molecule has 0 radical (unpaired) electrons. The summed E-state index contributed by atoms with van der Waals surface area (Å²) in [5, 5.41) is 0.886. The lowest BCUT2D eigenvalue weighted by Crippen LogP contribution is -2.37. The van der Waals surface area contributed by atoms with E-state index in [1.807, 2.05) is 26.0 Å². The first-order chi connectivity index (χ1) is 15.4. The molecule has 1 aliphatic heterocycles. The van der Waals surface area contributed by atoms with Gasteiger partial charge < -0.3 is 14.1 Å². The SMILES string of the molecule is CCN(CC)S(=O)(=O)c1ccc2c(c1)CCCN2C(=O)Cc1coc2cc(OC)ccc12. The lowest BCUT2D eigenvalue weighted by atomic mass is 10.0. The fourth-order valence-electron chi connectivity index (χ4n) is 4.29. The molecule has 1 amide bonds. The average Bonchev–Trinajstić information content (AvgIpc) is 3.20. The molecule has 0 unspecified atom stereocenters. The standard InChI is InChI=1S/C24H28N2O5S/c1-4-25(5-2)32(28,29)20-9-11-22-17(13-20)7-6-12-26(22)24(27)14-18-16-31-23-15-19(30-3)8-10-21(18)23/h8-11,13,15-16H,4-7,12,14H2,1-3H3. The van der Waals surface area contributed by atoms with Crippen LogP contribution in [0.15, 0.2) is 52.0 Å². The molecule has 2 aromatic carbocycles. The van der Waals surface area contributed by atoms with Crippen LogP contribution in [0, 0.1) is 0 Å². The summed E-state index contributed by atoms with van der Waals surface area (Å²) in [7, 11) is -1.94. The van der Waals surface area contributed by atoms with E-state index in [4.69, 9.17) is 9.15 Å². The largest absolute Gasteiger partial charge is 0.497 e. The molecule has 0 aliphatic carbocycles. The first-order valence-corrected chi connectivity index (χ1v) is 12.3. The Bertz CT molecular complexity index is 1240. The third-order valence-corrected chi connectivity index (χ3v) is 8.06. The molecule has 8 heteroatoms. The molecule has 0 fully saturated rings. The highest BCUT2D eigenvalue weighted by Gasteiger charge is 2.27. The molecule has 0 bridgehead atoms. The summed E-state index contributed by atoms with van der Waals surface area (Å²) in [5.74, 6) is 0.661. The number of benzene rings is 2. The van der Waals surface area contributed by atoms with Crippen molar-refractivity contribution in [2.24, 2.45) is 0 Å². The number of nitrogens with zero attached hydrogens (tertiary/aromatic N) is 2. The Kier molecular flexibility index (Phi) is 6.26. The molecule has 4 rings (SSSR count). The van der Waals surface area contributed by atoms with Crippen LogP contribution < -0.4 is 9.64 Å². The molecule has 0 atom stereocenters. The molecule has 3 aromatic rings. The van der Waals surface area contributed by atoms with E-state index in [1.165, 1.54) is 4.31 Å². The monoisotopic (exact) mass is 456 g/mol. The quantitative estimate of drug-likeness (QED) is 0.537. The van der Waals surface area contributed by atoms with Crippen LogP contribution in [0.1, 0.15) is 31.4 Å². The zero-order valence-electron chi connectivity index (χ0n) is 18.6. The van der Waals surface area contributed by atoms with E-state index in [-0.39, 0.29) is 17.2 Å². The zero-order chi connectivity index (χ0) is 22.9. The molecular weight excluding hydrogens is 428 g/mol. The van der Waals surface area contributed by atoms with E-state index < -0.39 is 10.0 Å². The Morgan fingerprint density at radius 2 is 1.94 bits per heavy atom. The highest BCUT2D eigenvalue weighted by Crippen LogP contribution is 2.32. The van der Waals surface area contributed by atoms with Gasteiger partial charge in [-0.2, -0.15) is 4.31 Å². The number of carbonyl (C=O) groups excluding carboxylic acids is 1. The maximum Gasteiger partial charge on any atom is 0.243 e. The second-order valence-corrected chi connectivity index (χ2v) is 9.77. The van der Waals surface area contributed by atoms with Gasteiger partial charge in [-0.15, -0.1) is 0 Å². The van der Waals surface area contributed by atoms with Crippen molar-refractivity contribution in [3.63, 3.8) is 0 Å². The van der Waals surface area contributed by atoms with Crippen LogP contribution >= 0.6 is 0 Å². The van der Waals surface area contributed by atoms with Crippen molar-refractivity contribution < 1.29 is 22.4 Å². The minimum atomic E-state index is -3.54. The van der Waals surface area contributed by atoms with Gasteiger partial charge in [0.25, 0.3) is 0 Å². The maximum atomic E-state index is 13.2. The third kappa shape index (κ3) is 4.00. The predicted octanol–water partition coefficient (Wildman–Crippen LogP) is 3.99. The molecule has 1 aromatic heterocycles. The smallest absolute Gasteiger partial charge is 0.243 e. The number of fused-ring (bicyclic) bond motifs is 2. The minimum absolute atomic E-state index is 0.0381. The Morgan fingerprint density at radius 3 is 2.66 bits per heavy atom. The second-order valence-electron chi connectivity index (χ2n) is 7.83. The zero-order valence-corrected chi connectivity index (χ0v) is 19.4. The number of hydrogen-bond donors (Lipinski definition) is 0. The van der Waals surface area contributed by atoms with Gasteiger partial charge in [0.2, 0.25) is 15.9 Å². The number of furan rings is 1. The number of amides is 1. The number of rotatable bonds is 7. The Labute approximate surface area is 188 Å². The van der Waals surface area contributed by atoms with Crippen molar-refractivity contribution in [1.82, 2.24) is 4.31 Å². The van der Waals surface area contributed by atoms with E-state index in [0.717, 1.165) is 35.0 Å². The van der Waals surface area contributed by atoms with Crippen LogP contribution in [0.3, 0.4) is 0 Å². The molecule has 0 N–H and O–H groups in total. The normalized spacial score (nSPS) is 14.1. The number of ether oxygens (including phenoxy) is 1. The fourth-order valence-corrected chi connectivity index (χ4v) is 5.80. The van der Waals surface area contributed by atoms with Gasteiger partial charge in [0.1, 0.15) is 11.3 Å². The summed E-state index contributed by atoms with van der Waals surface area (Å²) >= 11 is 0. The molecule has 7 nitrogen and oxygen atoms in total. The summed E-state index contributed by atoms with van der Waals surface area (Å²) in [6.07, 6.45) is 3.36. The molecular formula is C24H28N2O5S. The maximum absolute atomic E-state index is 13.2. The molecule has 0 saturated carbocycles. The Morgan fingerprint density at radius 1 is 1.16 bits per heavy atom. The van der Waals surface area contributed by atoms with Gasteiger partial charge in [0, 0.05) is 42.3 Å². The number of carbonyl (C=O) groups is 1. The summed E-state index contributed by atoms with van der Waals surface area (Å²) in [5.41, 5.74) is 3.17. The van der Waals surface area contributed by atoms with Crippen LogP contribution in [0.2, 0.25) is 0 Å². The summed E-state index contributed by atoms with van der Waals surface area (Å²) < 4.78 is 38.1. The fraction of sp³-hybridized carbons (Fsp3) is 0.375. The summed E-state index contributed by atoms with van der Waals surface area (Å²) in [4.78, 5) is 15.3. The van der Waals surface area contributed by atoms with Gasteiger partial charge in [-0.3, -0.25) is 4.79 Å². The number of sulfonamides is 1. The van der Waals surface area contributed by atoms with E-state index >= 15 is 0 Å². The molecule has 0 saturated heterocycles. The summed E-state index contributed by atoms with van der Waals surface area (Å²) in [6, 6.07) is 10.6. The van der Waals surface area contributed by atoms with E-state index in [0.29, 0.717) is 31.0 Å². The van der Waals surface area contributed by atoms with Crippen LogP contribution in [0.25, 0.3) is 11.0 Å². The molecule has 170 valence electrons. The predicted molar refractivity (Wildman–Crippen MR) is 124 cm³/mol. The number of methoxy groups -OCH3 is 1. The minimum Gasteiger partial charge on any atom is -0.497 e. The van der Waals surface area contributed by atoms with Gasteiger partial charge in [-0.25, -0.2) is 8.42 Å². The van der Waals surface area contributed by atoms with Crippen LogP contribution in [0.4, 0.5) is 5.69 Å². The highest BCUT2D eigenvalue weighted by molar-refractivity contribution is 7.89. The van der Waals surface area contributed by atoms with E-state index in [2.05, 4.69) is 0 Å². The molecule has 1 aliphatic rings. The first-order valence-electron chi connectivity index (χ1n) is 10.9. The third-order valence-electron chi connectivity index (χ3n) is 6.02. The molecule has 32 heavy (non-hydrogen) atoms. The lowest BCUT2D eigenvalue weighted by Gasteiger charge is -2.30. The van der Waals surface area contributed by atoms with Gasteiger partial charge in [-0.1, -0.05) is 13.8 Å². The van der Waals surface area contributed by atoms with Crippen molar-refractivity contribution in [1.29, 1.82) is 0 Å². The van der Waals surface area contributed by atoms with E-state index in [1.54, 1.807) is 42.5 Å². The molecule has 2 heterocycles. The highest BCUT2D eigenvalue weighted by atomic mass is 32.2. The first kappa shape index (κ1) is 22.4. The van der Waals surface area contributed by atoms with E-state index in [9.17, 15) is 13.2 Å². The molecule has 0 spiro atoms. The van der Waals surface area contributed by atoms with Gasteiger partial charge in [0.15, 0.2) is 0 Å². The average molecular weight is 457 g/mol. The van der Waals surface area contributed by atoms with Gasteiger partial charge in [0.05, 0.1) is 24.7 Å². The van der Waals surface area contributed by atoms with Crippen molar-refractivity contribution in [3.8, 4) is 5.75 Å². The van der Waals surface area contributed by atoms with Crippen LogP contribution in [-0.2, 0) is 27.7 Å². The lowest BCUT2D eigenvalue weighted by molar-refractivity contribution is -0.118. The van der Waals surface area contributed by atoms with Crippen molar-refractivity contribution in [2.75, 3.05) is 31.6 Å². The van der Waals surface area contributed by atoms with Crippen molar-refractivity contribution >= 4 is 32.6 Å². The van der Waals surface area contributed by atoms with Gasteiger partial charge >= 0.3 is 0 Å². The Balaban J connectivity index is 1.60. The number of anilines is 1. The van der Waals surface area contributed by atoms with Crippen LogP contribution in [0.5, 0.6) is 5.75 Å². The summed E-state index contributed by atoms with van der Waals surface area (Å²) in [6.45, 7) is 5.11. The number of hydrogen-bond acceptors (Lipinski definition) is 5. The van der Waals surface area contributed by atoms with Crippen molar-refractivity contribution in [2.45, 2.75) is 38.0 Å². The number of aryl methyl sites for hydroxylation is 1. The van der Waals surface area contributed by atoms with Crippen molar-refractivity contribution in [3.05, 3.63) is 53.8 Å². The Hall–Kier alpha value is -2.84. The van der Waals surface area contributed by atoms with Gasteiger partial charge in [-0.05, 0) is 48.7 Å². The topological polar surface area (TPSA) is 80.1 Å². The second kappa shape index (κ2) is 8.96. The van der Waals surface area contributed by atoms with Crippen LogP contribution in [-0.4, -0.2) is 45.4 Å².